The standard InChI is InChI=1S/C26H34FN5O3S/c1-15-12-31(10-11-32(15)23-20-16(2)36-13-19(20)28-14-29-23)24(33)22(30-25(34)35)21(26(3,4)5)17-6-8-18(27)9-7-17/h6-9,14-16,21-22,30H,10-13H2,1-5H3,(H,34,35)/t15-,16-,21+,22?/m0/s1. The predicted octanol–water partition coefficient (Wildman–Crippen LogP) is 4.43. The zero-order valence-corrected chi connectivity index (χ0v) is 22.2. The van der Waals surface area contributed by atoms with Gasteiger partial charge in [0.05, 0.1) is 5.69 Å². The van der Waals surface area contributed by atoms with Crippen molar-refractivity contribution in [1.82, 2.24) is 20.2 Å². The lowest BCUT2D eigenvalue weighted by atomic mass is 9.71. The van der Waals surface area contributed by atoms with Gasteiger partial charge >= 0.3 is 6.09 Å². The van der Waals surface area contributed by atoms with E-state index >= 15 is 0 Å². The molecule has 8 nitrogen and oxygen atoms in total. The Morgan fingerprint density at radius 3 is 2.47 bits per heavy atom. The van der Waals surface area contributed by atoms with Gasteiger partial charge in [-0.1, -0.05) is 32.9 Å². The molecule has 3 heterocycles. The van der Waals surface area contributed by atoms with E-state index in [9.17, 15) is 19.1 Å². The van der Waals surface area contributed by atoms with Gasteiger partial charge in [0.25, 0.3) is 0 Å². The Morgan fingerprint density at radius 1 is 1.17 bits per heavy atom. The SMILES string of the molecule is C[C@@H]1SCc2ncnc(N3CCN(C(=O)C(NC(=O)O)[C@@H](c4ccc(F)cc4)C(C)(C)C)C[C@@H]3C)c21. The summed E-state index contributed by atoms with van der Waals surface area (Å²) in [4.78, 5) is 38.7. The average molecular weight is 516 g/mol. The number of rotatable bonds is 5. The van der Waals surface area contributed by atoms with Crippen LogP contribution in [-0.4, -0.2) is 63.7 Å². The Balaban J connectivity index is 1.59. The van der Waals surface area contributed by atoms with Gasteiger partial charge < -0.3 is 20.2 Å². The maximum atomic E-state index is 13.9. The number of nitrogens with zero attached hydrogens (tertiary/aromatic N) is 4. The van der Waals surface area contributed by atoms with Gasteiger partial charge in [0, 0.05) is 48.2 Å². The van der Waals surface area contributed by atoms with Crippen LogP contribution in [0.25, 0.3) is 0 Å². The number of carboxylic acid groups (broad SMARTS) is 1. The van der Waals surface area contributed by atoms with Gasteiger partial charge in [-0.25, -0.2) is 19.2 Å². The minimum absolute atomic E-state index is 0.0103. The summed E-state index contributed by atoms with van der Waals surface area (Å²) in [6, 6.07) is 4.93. The number of aromatic nitrogens is 2. The van der Waals surface area contributed by atoms with Crippen molar-refractivity contribution in [2.75, 3.05) is 24.5 Å². The van der Waals surface area contributed by atoms with Crippen molar-refractivity contribution in [3.8, 4) is 0 Å². The molecule has 2 aromatic rings. The molecular weight excluding hydrogens is 481 g/mol. The van der Waals surface area contributed by atoms with Crippen molar-refractivity contribution in [1.29, 1.82) is 0 Å². The van der Waals surface area contributed by atoms with Gasteiger partial charge in [0.15, 0.2) is 0 Å². The van der Waals surface area contributed by atoms with Crippen molar-refractivity contribution in [2.24, 2.45) is 5.41 Å². The second kappa shape index (κ2) is 10.2. The fraction of sp³-hybridized carbons (Fsp3) is 0.538. The number of carbonyl (C=O) groups excluding carboxylic acids is 1. The predicted molar refractivity (Wildman–Crippen MR) is 139 cm³/mol. The Hall–Kier alpha value is -2.88. The van der Waals surface area contributed by atoms with E-state index < -0.39 is 23.5 Å². The molecule has 2 aliphatic rings. The summed E-state index contributed by atoms with van der Waals surface area (Å²) >= 11 is 1.84. The fourth-order valence-electron chi connectivity index (χ4n) is 5.42. The third kappa shape index (κ3) is 5.28. The van der Waals surface area contributed by atoms with Crippen molar-refractivity contribution < 1.29 is 19.1 Å². The van der Waals surface area contributed by atoms with Gasteiger partial charge in [-0.3, -0.25) is 4.79 Å². The van der Waals surface area contributed by atoms with Crippen LogP contribution in [0.4, 0.5) is 15.0 Å². The number of anilines is 1. The summed E-state index contributed by atoms with van der Waals surface area (Å²) in [6.07, 6.45) is 0.347. The summed E-state index contributed by atoms with van der Waals surface area (Å²) in [6.45, 7) is 11.6. The maximum absolute atomic E-state index is 13.9. The first-order chi connectivity index (χ1) is 17.0. The van der Waals surface area contributed by atoms with Gasteiger partial charge in [0.1, 0.15) is 24.0 Å². The second-order valence-corrected chi connectivity index (χ2v) is 12.0. The van der Waals surface area contributed by atoms with Crippen LogP contribution in [0.3, 0.4) is 0 Å². The lowest BCUT2D eigenvalue weighted by Crippen LogP contribution is -2.60. The van der Waals surface area contributed by atoms with Crippen molar-refractivity contribution in [3.63, 3.8) is 0 Å². The molecule has 36 heavy (non-hydrogen) atoms. The molecule has 1 unspecified atom stereocenters. The van der Waals surface area contributed by atoms with E-state index in [1.54, 1.807) is 23.4 Å². The molecule has 0 saturated carbocycles. The lowest BCUT2D eigenvalue weighted by molar-refractivity contribution is -0.135. The first kappa shape index (κ1) is 26.2. The Kier molecular flexibility index (Phi) is 7.45. The number of hydrogen-bond donors (Lipinski definition) is 2. The Morgan fingerprint density at radius 2 is 1.86 bits per heavy atom. The summed E-state index contributed by atoms with van der Waals surface area (Å²) in [7, 11) is 0. The van der Waals surface area contributed by atoms with Gasteiger partial charge in [-0.2, -0.15) is 0 Å². The number of amides is 2. The van der Waals surface area contributed by atoms with Crippen molar-refractivity contribution >= 4 is 29.6 Å². The van der Waals surface area contributed by atoms with Crippen LogP contribution in [0.2, 0.25) is 0 Å². The number of piperazine rings is 1. The number of hydrogen-bond acceptors (Lipinski definition) is 6. The van der Waals surface area contributed by atoms with Crippen LogP contribution in [0.5, 0.6) is 0 Å². The minimum atomic E-state index is -1.26. The zero-order chi connectivity index (χ0) is 26.2. The quantitative estimate of drug-likeness (QED) is 0.608. The van der Waals surface area contributed by atoms with Crippen molar-refractivity contribution in [2.45, 2.75) is 63.6 Å². The summed E-state index contributed by atoms with van der Waals surface area (Å²) in [5.41, 5.74) is 2.49. The van der Waals surface area contributed by atoms with Crippen LogP contribution in [0.1, 0.15) is 62.6 Å². The molecule has 1 aromatic carbocycles. The highest BCUT2D eigenvalue weighted by Gasteiger charge is 2.42. The van der Waals surface area contributed by atoms with Gasteiger partial charge in [-0.15, -0.1) is 11.8 Å². The molecule has 0 spiro atoms. The molecular formula is C26H34FN5O3S. The first-order valence-corrected chi connectivity index (χ1v) is 13.3. The average Bonchev–Trinajstić information content (AvgIpc) is 3.19. The van der Waals surface area contributed by atoms with Crippen LogP contribution in [0, 0.1) is 11.2 Å². The first-order valence-electron chi connectivity index (χ1n) is 12.2. The fourth-order valence-corrected chi connectivity index (χ4v) is 6.47. The monoisotopic (exact) mass is 515 g/mol. The number of halogens is 1. The molecule has 2 amide bonds. The lowest BCUT2D eigenvalue weighted by Gasteiger charge is -2.44. The highest BCUT2D eigenvalue weighted by Crippen LogP contribution is 2.44. The summed E-state index contributed by atoms with van der Waals surface area (Å²) in [5, 5.41) is 12.4. The third-order valence-corrected chi connectivity index (χ3v) is 8.25. The highest BCUT2D eigenvalue weighted by molar-refractivity contribution is 7.99. The second-order valence-electron chi connectivity index (χ2n) is 10.7. The normalized spacial score (nSPS) is 21.6. The highest BCUT2D eigenvalue weighted by atomic mass is 32.2. The number of thioether (sulfide) groups is 1. The van der Waals surface area contributed by atoms with E-state index in [1.165, 1.54) is 17.7 Å². The number of fused-ring (bicyclic) bond motifs is 1. The third-order valence-electron chi connectivity index (χ3n) is 7.07. The largest absolute Gasteiger partial charge is 0.465 e. The van der Waals surface area contributed by atoms with Crippen molar-refractivity contribution in [3.05, 3.63) is 53.2 Å². The molecule has 0 radical (unpaired) electrons. The van der Waals surface area contributed by atoms with Crippen LogP contribution < -0.4 is 10.2 Å². The van der Waals surface area contributed by atoms with E-state index in [0.717, 1.165) is 17.3 Å². The summed E-state index contributed by atoms with van der Waals surface area (Å²) < 4.78 is 13.6. The Labute approximate surface area is 215 Å². The Bertz CT molecular complexity index is 1120. The maximum Gasteiger partial charge on any atom is 0.405 e. The topological polar surface area (TPSA) is 98.7 Å². The van der Waals surface area contributed by atoms with Crippen LogP contribution in [-0.2, 0) is 10.5 Å². The zero-order valence-electron chi connectivity index (χ0n) is 21.4. The molecule has 1 saturated heterocycles. The van der Waals surface area contributed by atoms with E-state index in [2.05, 4.69) is 34.0 Å². The number of benzene rings is 1. The molecule has 0 bridgehead atoms. The van der Waals surface area contributed by atoms with E-state index in [4.69, 9.17) is 0 Å². The van der Waals surface area contributed by atoms with Crippen LogP contribution in [0.15, 0.2) is 30.6 Å². The molecule has 1 fully saturated rings. The molecule has 0 aliphatic carbocycles. The summed E-state index contributed by atoms with van der Waals surface area (Å²) in [5.74, 6) is 0.660. The molecule has 194 valence electrons. The van der Waals surface area contributed by atoms with Gasteiger partial charge in [-0.05, 0) is 37.0 Å². The molecule has 4 atom stereocenters. The molecule has 1 aromatic heterocycles. The molecule has 2 aliphatic heterocycles. The smallest absolute Gasteiger partial charge is 0.405 e. The molecule has 10 heteroatoms. The molecule has 4 rings (SSSR count). The molecule has 2 N–H and O–H groups in total. The van der Waals surface area contributed by atoms with E-state index in [1.807, 2.05) is 32.5 Å². The van der Waals surface area contributed by atoms with Gasteiger partial charge in [0.2, 0.25) is 5.91 Å². The number of carbonyl (C=O) groups is 2. The minimum Gasteiger partial charge on any atom is -0.465 e. The van der Waals surface area contributed by atoms with E-state index in [0.29, 0.717) is 30.4 Å². The van der Waals surface area contributed by atoms with Crippen LogP contribution >= 0.6 is 11.8 Å². The number of nitrogens with one attached hydrogen (secondary N) is 1. The van der Waals surface area contributed by atoms with E-state index in [-0.39, 0.29) is 17.8 Å².